The van der Waals surface area contributed by atoms with Gasteiger partial charge < -0.3 is 10.3 Å². The summed E-state index contributed by atoms with van der Waals surface area (Å²) in [6.07, 6.45) is 6.92. The molecule has 2 aliphatic carbocycles. The number of halogens is 1. The van der Waals surface area contributed by atoms with Crippen LogP contribution in [0.25, 0.3) is 0 Å². The van der Waals surface area contributed by atoms with Gasteiger partial charge in [0.15, 0.2) is 0 Å². The second kappa shape index (κ2) is 3.72. The van der Waals surface area contributed by atoms with Crippen LogP contribution in [0.15, 0.2) is 11.1 Å². The molecule has 1 aromatic rings. The van der Waals surface area contributed by atoms with Crippen LogP contribution < -0.4 is 10.9 Å². The number of aromatic nitrogens is 2. The third-order valence-electron chi connectivity index (χ3n) is 3.74. The summed E-state index contributed by atoms with van der Waals surface area (Å²) < 4.78 is 0.659. The van der Waals surface area contributed by atoms with Crippen LogP contribution in [0.4, 0.5) is 5.82 Å². The summed E-state index contributed by atoms with van der Waals surface area (Å²) in [6.45, 7) is 0.976. The summed E-state index contributed by atoms with van der Waals surface area (Å²) >= 11 is 2.04. The van der Waals surface area contributed by atoms with Gasteiger partial charge in [-0.1, -0.05) is 0 Å². The van der Waals surface area contributed by atoms with Crippen molar-refractivity contribution < 1.29 is 0 Å². The summed E-state index contributed by atoms with van der Waals surface area (Å²) in [6, 6.07) is 0. The fourth-order valence-electron chi connectivity index (χ4n) is 2.35. The van der Waals surface area contributed by atoms with Crippen LogP contribution >= 0.6 is 22.6 Å². The maximum atomic E-state index is 11.4. The van der Waals surface area contributed by atoms with E-state index in [-0.39, 0.29) is 5.56 Å². The highest BCUT2D eigenvalue weighted by Crippen LogP contribution is 2.61. The minimum atomic E-state index is -0.0608. The van der Waals surface area contributed by atoms with Crippen LogP contribution in [0.1, 0.15) is 25.7 Å². The second-order valence-electron chi connectivity index (χ2n) is 4.88. The number of nitrogens with one attached hydrogen (secondary N) is 2. The molecule has 5 heteroatoms. The molecule has 16 heavy (non-hydrogen) atoms. The second-order valence-corrected chi connectivity index (χ2v) is 5.96. The Kier molecular flexibility index (Phi) is 2.45. The lowest BCUT2D eigenvalue weighted by Gasteiger charge is -2.15. The Bertz CT molecular complexity index is 463. The molecule has 0 saturated heterocycles. The summed E-state index contributed by atoms with van der Waals surface area (Å²) in [5, 5.41) is 3.34. The molecule has 0 amide bonds. The predicted octanol–water partition coefficient (Wildman–Crippen LogP) is 1.98. The summed E-state index contributed by atoms with van der Waals surface area (Å²) in [4.78, 5) is 18.1. The Balaban J connectivity index is 1.70. The zero-order valence-corrected chi connectivity index (χ0v) is 11.1. The Morgan fingerprint density at radius 2 is 2.31 bits per heavy atom. The SMILES string of the molecule is O=c1[nH]cnc(NCC2(C3CC3)CC2)c1I. The zero-order valence-electron chi connectivity index (χ0n) is 8.92. The number of rotatable bonds is 4. The van der Waals surface area contributed by atoms with E-state index in [0.29, 0.717) is 8.99 Å². The molecule has 2 aliphatic rings. The summed E-state index contributed by atoms with van der Waals surface area (Å²) in [5.74, 6) is 1.66. The van der Waals surface area contributed by atoms with Crippen LogP contribution in [0, 0.1) is 14.9 Å². The van der Waals surface area contributed by atoms with E-state index in [1.165, 1.54) is 32.0 Å². The molecule has 1 heterocycles. The molecule has 0 radical (unpaired) electrons. The molecular weight excluding hydrogens is 317 g/mol. The molecular formula is C11H14IN3O. The van der Waals surface area contributed by atoms with Gasteiger partial charge in [0, 0.05) is 6.54 Å². The molecule has 1 aromatic heterocycles. The topological polar surface area (TPSA) is 57.8 Å². The van der Waals surface area contributed by atoms with E-state index in [1.54, 1.807) is 0 Å². The van der Waals surface area contributed by atoms with Gasteiger partial charge in [-0.3, -0.25) is 4.79 Å². The predicted molar refractivity (Wildman–Crippen MR) is 70.5 cm³/mol. The van der Waals surface area contributed by atoms with Crippen molar-refractivity contribution in [3.8, 4) is 0 Å². The van der Waals surface area contributed by atoms with Gasteiger partial charge in [-0.05, 0) is 59.6 Å². The van der Waals surface area contributed by atoms with Crippen molar-refractivity contribution >= 4 is 28.4 Å². The Labute approximate surface area is 107 Å². The largest absolute Gasteiger partial charge is 0.368 e. The van der Waals surface area contributed by atoms with Crippen molar-refractivity contribution in [1.29, 1.82) is 0 Å². The smallest absolute Gasteiger partial charge is 0.266 e. The maximum Gasteiger partial charge on any atom is 0.266 e. The molecule has 0 spiro atoms. The molecule has 3 rings (SSSR count). The van der Waals surface area contributed by atoms with Gasteiger partial charge in [0.2, 0.25) is 0 Å². The first-order chi connectivity index (χ1) is 7.71. The highest BCUT2D eigenvalue weighted by Gasteiger charge is 2.53. The van der Waals surface area contributed by atoms with Crippen LogP contribution in [0.5, 0.6) is 0 Å². The van der Waals surface area contributed by atoms with Crippen LogP contribution in [0.3, 0.4) is 0 Å². The Morgan fingerprint density at radius 3 is 2.94 bits per heavy atom. The van der Waals surface area contributed by atoms with E-state index in [0.717, 1.165) is 18.3 Å². The third kappa shape index (κ3) is 1.85. The first kappa shape index (κ1) is 10.6. The maximum absolute atomic E-state index is 11.4. The van der Waals surface area contributed by atoms with Crippen molar-refractivity contribution in [2.75, 3.05) is 11.9 Å². The first-order valence-corrected chi connectivity index (χ1v) is 6.76. The number of hydrogen-bond donors (Lipinski definition) is 2. The molecule has 0 aliphatic heterocycles. The molecule has 0 unspecified atom stereocenters. The Morgan fingerprint density at radius 1 is 1.56 bits per heavy atom. The lowest BCUT2D eigenvalue weighted by Crippen LogP contribution is -2.21. The summed E-state index contributed by atoms with van der Waals surface area (Å²) in [5.41, 5.74) is 0.474. The standard InChI is InChI=1S/C11H14IN3O/c12-8-9(14-6-15-10(8)16)13-5-11(3-4-11)7-1-2-7/h6-7H,1-5H2,(H2,13,14,15,16). The Hall–Kier alpha value is -0.590. The number of hydrogen-bond acceptors (Lipinski definition) is 3. The molecule has 86 valence electrons. The van der Waals surface area contributed by atoms with E-state index >= 15 is 0 Å². The third-order valence-corrected chi connectivity index (χ3v) is 4.74. The monoisotopic (exact) mass is 331 g/mol. The van der Waals surface area contributed by atoms with Crippen LogP contribution in [-0.2, 0) is 0 Å². The van der Waals surface area contributed by atoms with Crippen molar-refractivity contribution in [3.05, 3.63) is 20.3 Å². The lowest BCUT2D eigenvalue weighted by molar-refractivity contribution is 0.466. The van der Waals surface area contributed by atoms with Gasteiger partial charge in [-0.25, -0.2) is 4.98 Å². The van der Waals surface area contributed by atoms with Gasteiger partial charge in [-0.15, -0.1) is 0 Å². The highest BCUT2D eigenvalue weighted by atomic mass is 127. The van der Waals surface area contributed by atoms with Crippen LogP contribution in [0.2, 0.25) is 0 Å². The summed E-state index contributed by atoms with van der Waals surface area (Å²) in [7, 11) is 0. The fourth-order valence-corrected chi connectivity index (χ4v) is 2.84. The minimum absolute atomic E-state index is 0.0608. The molecule has 0 aromatic carbocycles. The van der Waals surface area contributed by atoms with Gasteiger partial charge in [0.1, 0.15) is 9.39 Å². The van der Waals surface area contributed by atoms with Gasteiger partial charge in [0.05, 0.1) is 6.33 Å². The molecule has 2 fully saturated rings. The van der Waals surface area contributed by atoms with E-state index in [1.807, 2.05) is 22.6 Å². The first-order valence-electron chi connectivity index (χ1n) is 5.68. The average Bonchev–Trinajstić information content (AvgIpc) is 3.14. The molecule has 2 N–H and O–H groups in total. The zero-order chi connectivity index (χ0) is 11.2. The van der Waals surface area contributed by atoms with Crippen molar-refractivity contribution in [3.63, 3.8) is 0 Å². The van der Waals surface area contributed by atoms with Gasteiger partial charge >= 0.3 is 0 Å². The van der Waals surface area contributed by atoms with Gasteiger partial charge in [0.25, 0.3) is 5.56 Å². The molecule has 0 atom stereocenters. The number of nitrogens with zero attached hydrogens (tertiary/aromatic N) is 1. The van der Waals surface area contributed by atoms with Gasteiger partial charge in [-0.2, -0.15) is 0 Å². The number of anilines is 1. The van der Waals surface area contributed by atoms with E-state index < -0.39 is 0 Å². The minimum Gasteiger partial charge on any atom is -0.368 e. The molecule has 2 saturated carbocycles. The number of H-pyrrole nitrogens is 1. The van der Waals surface area contributed by atoms with E-state index in [9.17, 15) is 4.79 Å². The average molecular weight is 331 g/mol. The molecule has 0 bridgehead atoms. The fraction of sp³-hybridized carbons (Fsp3) is 0.636. The van der Waals surface area contributed by atoms with Crippen molar-refractivity contribution in [2.24, 2.45) is 11.3 Å². The normalized spacial score (nSPS) is 21.8. The highest BCUT2D eigenvalue weighted by molar-refractivity contribution is 14.1. The van der Waals surface area contributed by atoms with E-state index in [2.05, 4.69) is 15.3 Å². The van der Waals surface area contributed by atoms with Crippen molar-refractivity contribution in [1.82, 2.24) is 9.97 Å². The van der Waals surface area contributed by atoms with Crippen LogP contribution in [-0.4, -0.2) is 16.5 Å². The van der Waals surface area contributed by atoms with E-state index in [4.69, 9.17) is 0 Å². The van der Waals surface area contributed by atoms with Crippen molar-refractivity contribution in [2.45, 2.75) is 25.7 Å². The lowest BCUT2D eigenvalue weighted by atomic mass is 10.0. The molecule has 4 nitrogen and oxygen atoms in total. The quantitative estimate of drug-likeness (QED) is 0.830. The number of aromatic amines is 1.